The van der Waals surface area contributed by atoms with Crippen molar-refractivity contribution in [2.24, 2.45) is 0 Å². The Morgan fingerprint density at radius 1 is 0.517 bits per heavy atom. The molecule has 10 nitrogen and oxygen atoms in total. The van der Waals surface area contributed by atoms with Crippen molar-refractivity contribution in [1.29, 1.82) is 0 Å². The third-order valence-electron chi connectivity index (χ3n) is 9.39. The van der Waals surface area contributed by atoms with Gasteiger partial charge in [-0.3, -0.25) is 18.6 Å². The highest BCUT2D eigenvalue weighted by Gasteiger charge is 2.27. The number of carbonyl (C=O) groups excluding carboxylic acids is 2. The van der Waals surface area contributed by atoms with Crippen LogP contribution in [0, 0.1) is 0 Å². The summed E-state index contributed by atoms with van der Waals surface area (Å²) in [5, 5.41) is 18.3. The van der Waals surface area contributed by atoms with E-state index in [-0.39, 0.29) is 19.4 Å². The molecule has 0 aliphatic carbocycles. The first-order valence-corrected chi connectivity index (χ1v) is 24.2. The first-order valence-electron chi connectivity index (χ1n) is 22.7. The molecule has 3 N–H and O–H groups in total. The van der Waals surface area contributed by atoms with Crippen LogP contribution < -0.4 is 0 Å². The highest BCUT2D eigenvalue weighted by atomic mass is 31.2. The molecule has 0 bridgehead atoms. The first-order chi connectivity index (χ1) is 28.2. The lowest BCUT2D eigenvalue weighted by atomic mass is 10.1. The molecule has 58 heavy (non-hydrogen) atoms. The maximum Gasteiger partial charge on any atom is 0.472 e. The summed E-state index contributed by atoms with van der Waals surface area (Å²) in [5.41, 5.74) is 0. The number of esters is 2. The average molecular weight is 839 g/mol. The van der Waals surface area contributed by atoms with Crippen molar-refractivity contribution in [2.75, 3.05) is 26.4 Å². The maximum atomic E-state index is 12.6. The molecule has 0 heterocycles. The van der Waals surface area contributed by atoms with Crippen LogP contribution in [0.4, 0.5) is 0 Å². The summed E-state index contributed by atoms with van der Waals surface area (Å²) in [6.07, 6.45) is 47.7. The molecule has 0 aliphatic heterocycles. The Bertz CT molecular complexity index is 1150. The molecule has 0 aromatic carbocycles. The van der Waals surface area contributed by atoms with Crippen molar-refractivity contribution < 1.29 is 47.8 Å². The largest absolute Gasteiger partial charge is 0.472 e. The Morgan fingerprint density at radius 2 is 0.914 bits per heavy atom. The lowest BCUT2D eigenvalue weighted by molar-refractivity contribution is -0.161. The van der Waals surface area contributed by atoms with Crippen molar-refractivity contribution in [3.05, 3.63) is 60.8 Å². The molecule has 3 atom stereocenters. The highest BCUT2D eigenvalue weighted by molar-refractivity contribution is 7.47. The minimum absolute atomic E-state index is 0.105. The number of carbonyl (C=O) groups is 2. The molecule has 0 aromatic rings. The van der Waals surface area contributed by atoms with Crippen LogP contribution in [0.25, 0.3) is 0 Å². The molecule has 0 amide bonds. The van der Waals surface area contributed by atoms with Crippen molar-refractivity contribution in [3.8, 4) is 0 Å². The standard InChI is InChI=1S/C47H83O10P/c1-3-5-7-9-11-13-15-17-19-20-21-22-23-24-25-27-29-31-33-35-37-39-47(51)57-45(43-56-58(52,53)55-41-44(49)40-48)42-54-46(50)38-36-34-32-30-28-26-18-16-14-12-10-8-6-4-2/h16,18-20,22-23,25,27,31,33,44-45,48-49H,3-15,17,21,24,26,28-30,32,34-43H2,1-2H3,(H,52,53)/b18-16+,20-19+,23-22+,27-25+,33-31+/t44-,45+/m0/s1. The SMILES string of the molecule is CCCCCCC/C=C/CCCCCCCC(=O)OC[C@H](COP(=O)(O)OC[C@@H](O)CO)OC(=O)CCC/C=C/C/C=C/C/C=C/C/C=C/CCCCCCCCC. The second kappa shape index (κ2) is 42.8. The molecular weight excluding hydrogens is 755 g/mol. The van der Waals surface area contributed by atoms with Gasteiger partial charge in [-0.25, -0.2) is 4.57 Å². The van der Waals surface area contributed by atoms with Gasteiger partial charge in [-0.05, 0) is 77.0 Å². The topological polar surface area (TPSA) is 149 Å². The van der Waals surface area contributed by atoms with Gasteiger partial charge in [0.05, 0.1) is 19.8 Å². The summed E-state index contributed by atoms with van der Waals surface area (Å²) < 4.78 is 32.7. The van der Waals surface area contributed by atoms with Crippen LogP contribution in [0.5, 0.6) is 0 Å². The highest BCUT2D eigenvalue weighted by Crippen LogP contribution is 2.43. The molecule has 0 spiro atoms. The summed E-state index contributed by atoms with van der Waals surface area (Å²) in [6, 6.07) is 0. The number of phosphoric acid groups is 1. The van der Waals surface area contributed by atoms with Gasteiger partial charge in [-0.1, -0.05) is 158 Å². The lowest BCUT2D eigenvalue weighted by Crippen LogP contribution is -2.29. The van der Waals surface area contributed by atoms with Crippen molar-refractivity contribution >= 4 is 19.8 Å². The molecule has 0 fully saturated rings. The van der Waals surface area contributed by atoms with Gasteiger partial charge in [-0.15, -0.1) is 0 Å². The van der Waals surface area contributed by atoms with E-state index in [0.29, 0.717) is 19.3 Å². The molecule has 1 unspecified atom stereocenters. The smallest absolute Gasteiger partial charge is 0.462 e. The van der Waals surface area contributed by atoms with Crippen LogP contribution in [0.3, 0.4) is 0 Å². The van der Waals surface area contributed by atoms with Gasteiger partial charge in [0, 0.05) is 12.8 Å². The lowest BCUT2D eigenvalue weighted by Gasteiger charge is -2.20. The minimum Gasteiger partial charge on any atom is -0.462 e. The van der Waals surface area contributed by atoms with Gasteiger partial charge in [0.25, 0.3) is 0 Å². The van der Waals surface area contributed by atoms with E-state index in [4.69, 9.17) is 19.1 Å². The Morgan fingerprint density at radius 3 is 1.41 bits per heavy atom. The molecule has 0 aliphatic rings. The zero-order valence-corrected chi connectivity index (χ0v) is 37.4. The van der Waals surface area contributed by atoms with Crippen LogP contribution >= 0.6 is 7.82 Å². The normalized spacial score (nSPS) is 14.4. The van der Waals surface area contributed by atoms with E-state index in [0.717, 1.165) is 57.8 Å². The summed E-state index contributed by atoms with van der Waals surface area (Å²) in [6.45, 7) is 2.29. The summed E-state index contributed by atoms with van der Waals surface area (Å²) in [5.74, 6) is -1.00. The molecular formula is C47H83O10P. The molecule has 11 heteroatoms. The third-order valence-corrected chi connectivity index (χ3v) is 10.3. The Labute approximate surface area is 353 Å². The molecule has 0 saturated heterocycles. The number of unbranched alkanes of at least 4 members (excludes halogenated alkanes) is 18. The predicted molar refractivity (Wildman–Crippen MR) is 237 cm³/mol. The van der Waals surface area contributed by atoms with E-state index < -0.39 is 51.8 Å². The monoisotopic (exact) mass is 839 g/mol. The van der Waals surface area contributed by atoms with Crippen LogP contribution in [0.15, 0.2) is 60.8 Å². The van der Waals surface area contributed by atoms with E-state index in [9.17, 15) is 24.2 Å². The van der Waals surface area contributed by atoms with E-state index in [1.54, 1.807) is 0 Å². The maximum absolute atomic E-state index is 12.6. The summed E-state index contributed by atoms with van der Waals surface area (Å²) >= 11 is 0. The second-order valence-corrected chi connectivity index (χ2v) is 16.5. The van der Waals surface area contributed by atoms with Crippen LogP contribution in [0.2, 0.25) is 0 Å². The minimum atomic E-state index is -4.64. The van der Waals surface area contributed by atoms with E-state index in [1.165, 1.54) is 83.5 Å². The zero-order valence-electron chi connectivity index (χ0n) is 36.5. The Hall–Kier alpha value is -2.33. The summed E-state index contributed by atoms with van der Waals surface area (Å²) in [7, 11) is -4.64. The molecule has 0 rings (SSSR count). The van der Waals surface area contributed by atoms with Crippen molar-refractivity contribution in [2.45, 2.75) is 199 Å². The average Bonchev–Trinajstić information content (AvgIpc) is 3.21. The van der Waals surface area contributed by atoms with Gasteiger partial charge >= 0.3 is 19.8 Å². The quantitative estimate of drug-likeness (QED) is 0.0235. The number of allylic oxidation sites excluding steroid dienone is 10. The Balaban J connectivity index is 4.39. The fraction of sp³-hybridized carbons (Fsp3) is 0.745. The van der Waals surface area contributed by atoms with Crippen LogP contribution in [0.1, 0.15) is 187 Å². The van der Waals surface area contributed by atoms with E-state index in [1.807, 2.05) is 6.08 Å². The van der Waals surface area contributed by atoms with Gasteiger partial charge in [0.15, 0.2) is 6.10 Å². The van der Waals surface area contributed by atoms with E-state index >= 15 is 0 Å². The van der Waals surface area contributed by atoms with Crippen LogP contribution in [-0.2, 0) is 32.7 Å². The molecule has 0 aromatic heterocycles. The number of hydrogen-bond donors (Lipinski definition) is 3. The van der Waals surface area contributed by atoms with Gasteiger partial charge in [0.2, 0.25) is 0 Å². The number of rotatable bonds is 42. The number of phosphoric ester groups is 1. The number of aliphatic hydroxyl groups is 2. The fourth-order valence-electron chi connectivity index (χ4n) is 5.86. The fourth-order valence-corrected chi connectivity index (χ4v) is 6.65. The number of hydrogen-bond acceptors (Lipinski definition) is 9. The van der Waals surface area contributed by atoms with Crippen molar-refractivity contribution in [1.82, 2.24) is 0 Å². The summed E-state index contributed by atoms with van der Waals surface area (Å²) in [4.78, 5) is 35.0. The van der Waals surface area contributed by atoms with Crippen LogP contribution in [-0.4, -0.2) is 65.7 Å². The van der Waals surface area contributed by atoms with Crippen molar-refractivity contribution in [3.63, 3.8) is 0 Å². The van der Waals surface area contributed by atoms with Gasteiger partial charge in [0.1, 0.15) is 12.7 Å². The predicted octanol–water partition coefficient (Wildman–Crippen LogP) is 12.3. The molecule has 336 valence electrons. The second-order valence-electron chi connectivity index (χ2n) is 15.1. The van der Waals surface area contributed by atoms with E-state index in [2.05, 4.69) is 73.1 Å². The Kier molecular flexibility index (Phi) is 41.1. The molecule has 0 saturated carbocycles. The zero-order chi connectivity index (χ0) is 42.6. The number of aliphatic hydroxyl groups excluding tert-OH is 2. The van der Waals surface area contributed by atoms with Gasteiger partial charge in [-0.2, -0.15) is 0 Å². The first kappa shape index (κ1) is 55.7. The van der Waals surface area contributed by atoms with Gasteiger partial charge < -0.3 is 24.6 Å². The number of ether oxygens (including phenoxy) is 2. The molecule has 0 radical (unpaired) electrons. The third kappa shape index (κ3) is 41.8.